The van der Waals surface area contributed by atoms with Crippen molar-refractivity contribution in [1.29, 1.82) is 0 Å². The van der Waals surface area contributed by atoms with Gasteiger partial charge < -0.3 is 9.84 Å². The third-order valence-electron chi connectivity index (χ3n) is 4.72. The molecule has 0 aromatic rings. The van der Waals surface area contributed by atoms with E-state index in [9.17, 15) is 19.5 Å². The molecule has 0 amide bonds. The monoisotopic (exact) mass is 272 g/mol. The van der Waals surface area contributed by atoms with Crippen LogP contribution < -0.4 is 0 Å². The lowest BCUT2D eigenvalue weighted by molar-refractivity contribution is -0.142. The van der Waals surface area contributed by atoms with E-state index >= 15 is 0 Å². The van der Waals surface area contributed by atoms with Gasteiger partial charge in [0, 0.05) is 23.0 Å². The van der Waals surface area contributed by atoms with E-state index in [-0.39, 0.29) is 40.5 Å². The molecule has 0 bridgehead atoms. The normalized spacial score (nSPS) is 41.6. The van der Waals surface area contributed by atoms with Gasteiger partial charge in [0.25, 0.3) is 0 Å². The van der Waals surface area contributed by atoms with Crippen molar-refractivity contribution in [3.63, 3.8) is 0 Å². The van der Waals surface area contributed by atoms with Gasteiger partial charge in [-0.05, 0) is 18.6 Å². The molecule has 0 radical (unpaired) electrons. The number of ketones is 2. The zero-order valence-electron chi connectivity index (χ0n) is 10.5. The molecule has 0 saturated carbocycles. The van der Waals surface area contributed by atoms with Gasteiger partial charge in [-0.25, -0.2) is 0 Å². The van der Waals surface area contributed by atoms with Crippen LogP contribution in [0.1, 0.15) is 6.42 Å². The van der Waals surface area contributed by atoms with Gasteiger partial charge >= 0.3 is 5.97 Å². The van der Waals surface area contributed by atoms with Crippen LogP contribution in [0, 0.1) is 17.8 Å². The number of carbonyl (C=O) groups excluding carboxylic acids is 3. The second-order valence-electron chi connectivity index (χ2n) is 5.62. The molecular weight excluding hydrogens is 260 g/mol. The summed E-state index contributed by atoms with van der Waals surface area (Å²) in [7, 11) is 0. The predicted molar refractivity (Wildman–Crippen MR) is 66.3 cm³/mol. The molecule has 1 N–H and O–H groups in total. The van der Waals surface area contributed by atoms with Gasteiger partial charge in [-0.15, -0.1) is 0 Å². The molecule has 1 aliphatic heterocycles. The van der Waals surface area contributed by atoms with Crippen molar-refractivity contribution < 1.29 is 24.2 Å². The Morgan fingerprint density at radius 3 is 2.55 bits per heavy atom. The number of ether oxygens (including phenoxy) is 1. The van der Waals surface area contributed by atoms with Crippen LogP contribution in [0.25, 0.3) is 0 Å². The summed E-state index contributed by atoms with van der Waals surface area (Å²) in [6.45, 7) is 0. The van der Waals surface area contributed by atoms with Gasteiger partial charge in [0.05, 0.1) is 12.0 Å². The highest BCUT2D eigenvalue weighted by molar-refractivity contribution is 6.21. The Labute approximate surface area is 114 Å². The van der Waals surface area contributed by atoms with Crippen molar-refractivity contribution in [2.24, 2.45) is 17.8 Å². The van der Waals surface area contributed by atoms with Crippen molar-refractivity contribution in [2.75, 3.05) is 0 Å². The van der Waals surface area contributed by atoms with Gasteiger partial charge in [0.1, 0.15) is 6.10 Å². The first kappa shape index (κ1) is 11.8. The second-order valence-corrected chi connectivity index (χ2v) is 5.62. The summed E-state index contributed by atoms with van der Waals surface area (Å²) < 4.78 is 5.35. The Morgan fingerprint density at radius 1 is 1.10 bits per heavy atom. The van der Waals surface area contributed by atoms with Crippen molar-refractivity contribution in [3.05, 3.63) is 35.5 Å². The Kier molecular flexibility index (Phi) is 2.22. The lowest BCUT2D eigenvalue weighted by Crippen LogP contribution is -2.47. The standard InChI is InChI=1S/C15H12O5/c16-8-4-5-9(17)12-11(8)13(18)6-2-1-3-7-10(6)14(12)20-15(7)19/h1,3-7,10,13-14,18H,2H2. The van der Waals surface area contributed by atoms with E-state index in [4.69, 9.17) is 4.74 Å². The summed E-state index contributed by atoms with van der Waals surface area (Å²) in [6, 6.07) is 0. The van der Waals surface area contributed by atoms with Crippen LogP contribution in [0.5, 0.6) is 0 Å². The maximum atomic E-state index is 12.1. The number of carbonyl (C=O) groups is 3. The Bertz CT molecular complexity index is 639. The summed E-state index contributed by atoms with van der Waals surface area (Å²) in [5, 5.41) is 10.5. The van der Waals surface area contributed by atoms with E-state index in [2.05, 4.69) is 0 Å². The molecule has 0 aromatic heterocycles. The zero-order chi connectivity index (χ0) is 14.0. The van der Waals surface area contributed by atoms with Gasteiger partial charge in [0.2, 0.25) is 0 Å². The number of hydrogen-bond acceptors (Lipinski definition) is 5. The van der Waals surface area contributed by atoms with E-state index in [1.807, 2.05) is 6.08 Å². The predicted octanol–water partition coefficient (Wildman–Crippen LogP) is 0.0994. The molecule has 0 spiro atoms. The van der Waals surface area contributed by atoms with E-state index in [0.717, 1.165) is 0 Å². The summed E-state index contributed by atoms with van der Waals surface area (Å²) >= 11 is 0. The molecule has 5 nitrogen and oxygen atoms in total. The smallest absolute Gasteiger partial charge is 0.313 e. The quantitative estimate of drug-likeness (QED) is 0.384. The van der Waals surface area contributed by atoms with Crippen molar-refractivity contribution in [1.82, 2.24) is 0 Å². The highest BCUT2D eigenvalue weighted by Gasteiger charge is 2.57. The molecule has 1 heterocycles. The summed E-state index contributed by atoms with van der Waals surface area (Å²) in [5.41, 5.74) is 0.296. The van der Waals surface area contributed by atoms with Crippen LogP contribution in [0.3, 0.4) is 0 Å². The number of hydrogen-bond donors (Lipinski definition) is 1. The number of fused-ring (bicyclic) bond motifs is 1. The van der Waals surface area contributed by atoms with Gasteiger partial charge in [-0.1, -0.05) is 12.2 Å². The number of rotatable bonds is 0. The Morgan fingerprint density at radius 2 is 1.80 bits per heavy atom. The molecule has 102 valence electrons. The van der Waals surface area contributed by atoms with Crippen LogP contribution >= 0.6 is 0 Å². The van der Waals surface area contributed by atoms with Crippen LogP contribution in [0.4, 0.5) is 0 Å². The topological polar surface area (TPSA) is 80.7 Å². The van der Waals surface area contributed by atoms with Crippen molar-refractivity contribution in [2.45, 2.75) is 18.6 Å². The number of aliphatic hydroxyl groups excluding tert-OH is 1. The minimum atomic E-state index is -1.01. The SMILES string of the molecule is O=C1C=CC(=O)C2=C1C(O)C1CC=CC3C(=O)OC2C31. The first-order valence-electron chi connectivity index (χ1n) is 6.65. The van der Waals surface area contributed by atoms with Gasteiger partial charge in [0.15, 0.2) is 11.6 Å². The van der Waals surface area contributed by atoms with Gasteiger partial charge in [-0.2, -0.15) is 0 Å². The molecule has 3 aliphatic carbocycles. The fourth-order valence-electron chi connectivity index (χ4n) is 3.86. The Balaban J connectivity index is 1.92. The average Bonchev–Trinajstić information content (AvgIpc) is 2.77. The van der Waals surface area contributed by atoms with Crippen LogP contribution in [-0.4, -0.2) is 34.9 Å². The third kappa shape index (κ3) is 1.28. The maximum Gasteiger partial charge on any atom is 0.313 e. The number of aliphatic hydroxyl groups is 1. The molecule has 4 rings (SSSR count). The lowest BCUT2D eigenvalue weighted by atomic mass is 9.63. The van der Waals surface area contributed by atoms with E-state index in [1.165, 1.54) is 12.2 Å². The minimum Gasteiger partial charge on any atom is -0.457 e. The molecule has 1 saturated heterocycles. The summed E-state index contributed by atoms with van der Waals surface area (Å²) in [4.78, 5) is 36.0. The maximum absolute atomic E-state index is 12.1. The average molecular weight is 272 g/mol. The van der Waals surface area contributed by atoms with E-state index in [1.54, 1.807) is 6.08 Å². The second kappa shape index (κ2) is 3.76. The molecule has 5 unspecified atom stereocenters. The van der Waals surface area contributed by atoms with E-state index < -0.39 is 18.1 Å². The number of allylic oxidation sites excluding steroid dienone is 3. The third-order valence-corrected chi connectivity index (χ3v) is 4.72. The van der Waals surface area contributed by atoms with Crippen molar-refractivity contribution in [3.8, 4) is 0 Å². The number of esters is 1. The Hall–Kier alpha value is -2.01. The summed E-state index contributed by atoms with van der Waals surface area (Å²) in [6.07, 6.45) is 4.88. The molecule has 1 fully saturated rings. The molecule has 4 aliphatic rings. The molecule has 5 atom stereocenters. The van der Waals surface area contributed by atoms with E-state index in [0.29, 0.717) is 6.42 Å². The largest absolute Gasteiger partial charge is 0.457 e. The first-order chi connectivity index (χ1) is 9.59. The lowest BCUT2D eigenvalue weighted by Gasteiger charge is -2.40. The molecule has 0 aromatic carbocycles. The fraction of sp³-hybridized carbons (Fsp3) is 0.400. The minimum absolute atomic E-state index is 0.118. The molecular formula is C15H12O5. The fourth-order valence-corrected chi connectivity index (χ4v) is 3.86. The highest BCUT2D eigenvalue weighted by atomic mass is 16.6. The van der Waals surface area contributed by atoms with Crippen LogP contribution in [0.15, 0.2) is 35.5 Å². The first-order valence-corrected chi connectivity index (χ1v) is 6.65. The van der Waals surface area contributed by atoms with Crippen molar-refractivity contribution >= 4 is 17.5 Å². The molecule has 5 heteroatoms. The van der Waals surface area contributed by atoms with Crippen LogP contribution in [-0.2, 0) is 19.1 Å². The zero-order valence-corrected chi connectivity index (χ0v) is 10.5. The highest BCUT2D eigenvalue weighted by Crippen LogP contribution is 2.50. The summed E-state index contributed by atoms with van der Waals surface area (Å²) in [5.74, 6) is -1.99. The van der Waals surface area contributed by atoms with Crippen LogP contribution in [0.2, 0.25) is 0 Å². The molecule has 20 heavy (non-hydrogen) atoms. The van der Waals surface area contributed by atoms with Gasteiger partial charge in [-0.3, -0.25) is 14.4 Å².